The predicted octanol–water partition coefficient (Wildman–Crippen LogP) is 1.32. The van der Waals surface area contributed by atoms with Crippen LogP contribution in [-0.2, 0) is 4.79 Å². The summed E-state index contributed by atoms with van der Waals surface area (Å²) in [5.41, 5.74) is 0.688. The maximum absolute atomic E-state index is 12.6. The van der Waals surface area contributed by atoms with Crippen molar-refractivity contribution in [1.29, 1.82) is 0 Å². The lowest BCUT2D eigenvalue weighted by Gasteiger charge is -2.27. The molecule has 0 radical (unpaired) electrons. The van der Waals surface area contributed by atoms with Crippen molar-refractivity contribution in [3.05, 3.63) is 35.9 Å². The first kappa shape index (κ1) is 13.6. The Morgan fingerprint density at radius 1 is 1.30 bits per heavy atom. The van der Waals surface area contributed by atoms with E-state index in [2.05, 4.69) is 5.32 Å². The smallest absolute Gasteiger partial charge is 0.256 e. The second kappa shape index (κ2) is 5.94. The molecule has 1 amide bonds. The molecule has 0 spiro atoms. The van der Waals surface area contributed by atoms with Crippen molar-refractivity contribution < 1.29 is 9.90 Å². The predicted molar refractivity (Wildman–Crippen MR) is 77.1 cm³/mol. The van der Waals surface area contributed by atoms with E-state index in [1.165, 1.54) is 0 Å². The minimum Gasteiger partial charge on any atom is -0.378 e. The molecule has 20 heavy (non-hydrogen) atoms. The van der Waals surface area contributed by atoms with Gasteiger partial charge in [0.05, 0.1) is 0 Å². The van der Waals surface area contributed by atoms with Crippen LogP contribution >= 0.6 is 0 Å². The Labute approximate surface area is 119 Å². The van der Waals surface area contributed by atoms with Gasteiger partial charge in [-0.1, -0.05) is 30.3 Å². The topological polar surface area (TPSA) is 52.6 Å². The molecule has 1 saturated carbocycles. The maximum Gasteiger partial charge on any atom is 0.256 e. The Morgan fingerprint density at radius 2 is 2.05 bits per heavy atom. The first-order valence-corrected chi connectivity index (χ1v) is 7.50. The molecule has 2 fully saturated rings. The number of aliphatic hydroxyl groups is 1. The van der Waals surface area contributed by atoms with Crippen molar-refractivity contribution in [2.75, 3.05) is 19.6 Å². The fourth-order valence-corrected chi connectivity index (χ4v) is 2.89. The van der Waals surface area contributed by atoms with E-state index in [4.69, 9.17) is 0 Å². The molecule has 1 saturated heterocycles. The quantitative estimate of drug-likeness (QED) is 0.851. The van der Waals surface area contributed by atoms with Crippen LogP contribution in [0.2, 0.25) is 0 Å². The van der Waals surface area contributed by atoms with Crippen LogP contribution < -0.4 is 5.32 Å². The van der Waals surface area contributed by atoms with Crippen LogP contribution in [-0.4, -0.2) is 41.6 Å². The SMILES string of the molecule is O=C([C@@H](O)c1ccccc1)N(CC1CCNC1)C1CC1. The molecule has 1 heterocycles. The van der Waals surface area contributed by atoms with E-state index in [0.29, 0.717) is 17.5 Å². The molecule has 1 aromatic carbocycles. The Kier molecular flexibility index (Phi) is 4.03. The largest absolute Gasteiger partial charge is 0.378 e. The lowest BCUT2D eigenvalue weighted by Crippen LogP contribution is -2.40. The average molecular weight is 274 g/mol. The number of hydrogen-bond acceptors (Lipinski definition) is 3. The summed E-state index contributed by atoms with van der Waals surface area (Å²) in [6.07, 6.45) is 2.25. The molecule has 1 aromatic rings. The Morgan fingerprint density at radius 3 is 2.65 bits per heavy atom. The van der Waals surface area contributed by atoms with Gasteiger partial charge in [-0.25, -0.2) is 0 Å². The molecule has 0 bridgehead atoms. The number of aliphatic hydroxyl groups excluding tert-OH is 1. The van der Waals surface area contributed by atoms with Crippen LogP contribution in [0, 0.1) is 5.92 Å². The Bertz CT molecular complexity index is 453. The standard InChI is InChI=1S/C16H22N2O2/c19-15(13-4-2-1-3-5-13)16(20)18(14-6-7-14)11-12-8-9-17-10-12/h1-5,12,14-15,17,19H,6-11H2/t12?,15-/m0/s1. The highest BCUT2D eigenvalue weighted by molar-refractivity contribution is 5.82. The van der Waals surface area contributed by atoms with Crippen molar-refractivity contribution in [2.45, 2.75) is 31.4 Å². The monoisotopic (exact) mass is 274 g/mol. The molecule has 1 aliphatic carbocycles. The molecule has 3 rings (SSSR count). The van der Waals surface area contributed by atoms with E-state index in [-0.39, 0.29) is 5.91 Å². The summed E-state index contributed by atoms with van der Waals surface area (Å²) < 4.78 is 0. The maximum atomic E-state index is 12.6. The van der Waals surface area contributed by atoms with E-state index in [0.717, 1.165) is 38.9 Å². The zero-order valence-corrected chi connectivity index (χ0v) is 11.7. The third-order valence-electron chi connectivity index (χ3n) is 4.24. The minimum atomic E-state index is -1.02. The van der Waals surface area contributed by atoms with E-state index in [1.807, 2.05) is 35.2 Å². The molecule has 2 N–H and O–H groups in total. The van der Waals surface area contributed by atoms with Gasteiger partial charge in [-0.15, -0.1) is 0 Å². The fourth-order valence-electron chi connectivity index (χ4n) is 2.89. The zero-order valence-electron chi connectivity index (χ0n) is 11.7. The number of carbonyl (C=O) groups excluding carboxylic acids is 1. The van der Waals surface area contributed by atoms with Gasteiger partial charge in [0.2, 0.25) is 0 Å². The van der Waals surface area contributed by atoms with Crippen molar-refractivity contribution in [2.24, 2.45) is 5.92 Å². The van der Waals surface area contributed by atoms with E-state index in [1.54, 1.807) is 0 Å². The van der Waals surface area contributed by atoms with Crippen molar-refractivity contribution in [3.63, 3.8) is 0 Å². The number of hydrogen-bond donors (Lipinski definition) is 2. The third-order valence-corrected chi connectivity index (χ3v) is 4.24. The minimum absolute atomic E-state index is 0.134. The molecule has 108 valence electrons. The summed E-state index contributed by atoms with van der Waals surface area (Å²) in [5.74, 6) is 0.396. The summed E-state index contributed by atoms with van der Waals surface area (Å²) in [6.45, 7) is 2.80. The van der Waals surface area contributed by atoms with Gasteiger partial charge in [0.25, 0.3) is 5.91 Å². The third kappa shape index (κ3) is 3.02. The summed E-state index contributed by atoms with van der Waals surface area (Å²) in [5, 5.41) is 13.6. The van der Waals surface area contributed by atoms with Gasteiger partial charge in [-0.05, 0) is 43.8 Å². The van der Waals surface area contributed by atoms with Crippen molar-refractivity contribution in [3.8, 4) is 0 Å². The summed E-state index contributed by atoms with van der Waals surface area (Å²) in [6, 6.07) is 9.57. The first-order valence-electron chi connectivity index (χ1n) is 7.50. The zero-order chi connectivity index (χ0) is 13.9. The van der Waals surface area contributed by atoms with Crippen LogP contribution in [0.1, 0.15) is 30.9 Å². The summed E-state index contributed by atoms with van der Waals surface area (Å²) in [4.78, 5) is 14.5. The number of nitrogens with zero attached hydrogens (tertiary/aromatic N) is 1. The summed E-state index contributed by atoms with van der Waals surface area (Å²) in [7, 11) is 0. The van der Waals surface area contributed by atoms with Gasteiger partial charge in [-0.2, -0.15) is 0 Å². The van der Waals surface area contributed by atoms with E-state index >= 15 is 0 Å². The second-order valence-corrected chi connectivity index (χ2v) is 5.89. The normalized spacial score (nSPS) is 23.6. The van der Waals surface area contributed by atoms with Crippen molar-refractivity contribution >= 4 is 5.91 Å². The average Bonchev–Trinajstić information content (AvgIpc) is 3.21. The van der Waals surface area contributed by atoms with Gasteiger partial charge in [0, 0.05) is 12.6 Å². The van der Waals surface area contributed by atoms with Gasteiger partial charge in [-0.3, -0.25) is 4.79 Å². The van der Waals surface area contributed by atoms with Gasteiger partial charge in [0.1, 0.15) is 0 Å². The van der Waals surface area contributed by atoms with Crippen LogP contribution in [0.4, 0.5) is 0 Å². The number of benzene rings is 1. The molecule has 2 aliphatic rings. The van der Waals surface area contributed by atoms with Gasteiger partial charge in [0.15, 0.2) is 6.10 Å². The highest BCUT2D eigenvalue weighted by Gasteiger charge is 2.37. The first-order chi connectivity index (χ1) is 9.75. The number of nitrogens with one attached hydrogen (secondary N) is 1. The van der Waals surface area contributed by atoms with Gasteiger partial charge < -0.3 is 15.3 Å². The molecular weight excluding hydrogens is 252 g/mol. The van der Waals surface area contributed by atoms with Crippen LogP contribution in [0.5, 0.6) is 0 Å². The highest BCUT2D eigenvalue weighted by Crippen LogP contribution is 2.31. The molecule has 1 aliphatic heterocycles. The molecule has 2 atom stereocenters. The molecule has 4 nitrogen and oxygen atoms in total. The molecule has 1 unspecified atom stereocenters. The number of amides is 1. The Hall–Kier alpha value is -1.39. The van der Waals surface area contributed by atoms with Crippen LogP contribution in [0.25, 0.3) is 0 Å². The lowest BCUT2D eigenvalue weighted by molar-refractivity contribution is -0.141. The number of rotatable bonds is 5. The second-order valence-electron chi connectivity index (χ2n) is 5.89. The van der Waals surface area contributed by atoms with E-state index < -0.39 is 6.10 Å². The molecule has 4 heteroatoms. The fraction of sp³-hybridized carbons (Fsp3) is 0.562. The number of carbonyl (C=O) groups is 1. The molecule has 0 aromatic heterocycles. The van der Waals surface area contributed by atoms with Crippen LogP contribution in [0.3, 0.4) is 0 Å². The Balaban J connectivity index is 1.68. The molecular formula is C16H22N2O2. The van der Waals surface area contributed by atoms with Crippen molar-refractivity contribution in [1.82, 2.24) is 10.2 Å². The lowest BCUT2D eigenvalue weighted by atomic mass is 10.1. The van der Waals surface area contributed by atoms with Crippen LogP contribution in [0.15, 0.2) is 30.3 Å². The summed E-state index contributed by atoms with van der Waals surface area (Å²) >= 11 is 0. The van der Waals surface area contributed by atoms with Gasteiger partial charge >= 0.3 is 0 Å². The van der Waals surface area contributed by atoms with E-state index in [9.17, 15) is 9.90 Å². The highest BCUT2D eigenvalue weighted by atomic mass is 16.3.